The fourth-order valence-electron chi connectivity index (χ4n) is 2.94. The number of sulfonamides is 1. The van der Waals surface area contributed by atoms with E-state index in [4.69, 9.17) is 4.74 Å². The normalized spacial score (nSPS) is 11.2. The smallest absolute Gasteiger partial charge is 0.238 e. The first-order valence-electron chi connectivity index (χ1n) is 9.28. The third-order valence-electron chi connectivity index (χ3n) is 4.28. The molecule has 0 amide bonds. The molecule has 1 N–H and O–H groups in total. The predicted octanol–water partition coefficient (Wildman–Crippen LogP) is 4.31. The maximum atomic E-state index is 12.4. The Morgan fingerprint density at radius 1 is 0.933 bits per heavy atom. The first kappa shape index (κ1) is 19.7. The van der Waals surface area contributed by atoms with Crippen LogP contribution in [0.1, 0.15) is 11.1 Å². The van der Waals surface area contributed by atoms with Crippen LogP contribution in [0.2, 0.25) is 0 Å². The molecule has 152 valence electrons. The summed E-state index contributed by atoms with van der Waals surface area (Å²) in [6.07, 6.45) is 3.76. The average Bonchev–Trinajstić information content (AvgIpc) is 3.24. The van der Waals surface area contributed by atoms with Crippen molar-refractivity contribution in [3.05, 3.63) is 96.3 Å². The molecule has 7 nitrogen and oxygen atoms in total. The van der Waals surface area contributed by atoms with Crippen LogP contribution in [0.15, 0.2) is 85.2 Å². The number of anilines is 1. The molecule has 2 aromatic carbocycles. The fraction of sp³-hybridized carbons (Fsp3) is 0.0909. The zero-order valence-corrected chi connectivity index (χ0v) is 17.1. The molecule has 2 aromatic heterocycles. The monoisotopic (exact) mass is 420 g/mol. The van der Waals surface area contributed by atoms with Gasteiger partial charge in [-0.3, -0.25) is 4.72 Å². The van der Waals surface area contributed by atoms with Crippen LogP contribution in [-0.2, 0) is 15.8 Å². The van der Waals surface area contributed by atoms with Crippen molar-refractivity contribution < 1.29 is 13.2 Å². The standard InChI is InChI=1S/C22H20N4O3S/c1-17-5-4-6-18(15-17)16-30(27,28)25-19-7-9-20(10-8-19)29-22-12-11-21(23-24-22)26-13-2-3-14-26/h2-15,25H,16H2,1H3. The lowest BCUT2D eigenvalue weighted by Crippen LogP contribution is -2.15. The minimum atomic E-state index is -3.52. The van der Waals surface area contributed by atoms with E-state index < -0.39 is 10.0 Å². The van der Waals surface area contributed by atoms with Gasteiger partial charge in [0.2, 0.25) is 15.9 Å². The summed E-state index contributed by atoms with van der Waals surface area (Å²) in [5.41, 5.74) is 2.22. The van der Waals surface area contributed by atoms with Gasteiger partial charge in [0.15, 0.2) is 5.82 Å². The summed E-state index contributed by atoms with van der Waals surface area (Å²) in [5.74, 6) is 1.47. The lowest BCUT2D eigenvalue weighted by atomic mass is 10.2. The minimum Gasteiger partial charge on any atom is -0.438 e. The summed E-state index contributed by atoms with van der Waals surface area (Å²) >= 11 is 0. The molecule has 2 heterocycles. The second kappa shape index (κ2) is 8.38. The lowest BCUT2D eigenvalue weighted by molar-refractivity contribution is 0.454. The fourth-order valence-corrected chi connectivity index (χ4v) is 4.13. The first-order chi connectivity index (χ1) is 14.5. The number of aromatic nitrogens is 3. The van der Waals surface area contributed by atoms with Crippen molar-refractivity contribution in [3.63, 3.8) is 0 Å². The summed E-state index contributed by atoms with van der Waals surface area (Å²) in [6, 6.07) is 21.4. The molecule has 0 radical (unpaired) electrons. The van der Waals surface area contributed by atoms with E-state index in [1.165, 1.54) is 0 Å². The molecule has 0 aliphatic heterocycles. The van der Waals surface area contributed by atoms with Gasteiger partial charge in [-0.2, -0.15) is 0 Å². The van der Waals surface area contributed by atoms with E-state index in [0.717, 1.165) is 11.1 Å². The molecular weight excluding hydrogens is 400 g/mol. The Morgan fingerprint density at radius 3 is 2.37 bits per heavy atom. The topological polar surface area (TPSA) is 86.1 Å². The van der Waals surface area contributed by atoms with E-state index in [2.05, 4.69) is 14.9 Å². The van der Waals surface area contributed by atoms with Gasteiger partial charge in [0, 0.05) is 24.1 Å². The van der Waals surface area contributed by atoms with Gasteiger partial charge in [0.1, 0.15) is 5.75 Å². The number of nitrogens with one attached hydrogen (secondary N) is 1. The van der Waals surface area contributed by atoms with E-state index in [9.17, 15) is 8.42 Å². The summed E-state index contributed by atoms with van der Waals surface area (Å²) in [7, 11) is -3.52. The van der Waals surface area contributed by atoms with Gasteiger partial charge in [-0.15, -0.1) is 10.2 Å². The van der Waals surface area contributed by atoms with Crippen molar-refractivity contribution in [2.75, 3.05) is 4.72 Å². The van der Waals surface area contributed by atoms with Gasteiger partial charge in [-0.25, -0.2) is 8.42 Å². The van der Waals surface area contributed by atoms with E-state index in [1.54, 1.807) is 42.5 Å². The van der Waals surface area contributed by atoms with Crippen LogP contribution < -0.4 is 9.46 Å². The van der Waals surface area contributed by atoms with E-state index >= 15 is 0 Å². The summed E-state index contributed by atoms with van der Waals surface area (Å²) in [4.78, 5) is 0. The molecule has 0 unspecified atom stereocenters. The second-order valence-electron chi connectivity index (χ2n) is 6.80. The Morgan fingerprint density at radius 2 is 1.70 bits per heavy atom. The van der Waals surface area contributed by atoms with Crippen molar-refractivity contribution in [1.29, 1.82) is 0 Å². The largest absolute Gasteiger partial charge is 0.438 e. The number of hydrogen-bond donors (Lipinski definition) is 1. The van der Waals surface area contributed by atoms with Crippen molar-refractivity contribution in [2.24, 2.45) is 0 Å². The molecule has 0 aliphatic rings. The predicted molar refractivity (Wildman–Crippen MR) is 115 cm³/mol. The van der Waals surface area contributed by atoms with Crippen LogP contribution in [0.3, 0.4) is 0 Å². The molecular formula is C22H20N4O3S. The van der Waals surface area contributed by atoms with E-state index in [1.807, 2.05) is 54.2 Å². The van der Waals surface area contributed by atoms with Crippen LogP contribution in [0.5, 0.6) is 11.6 Å². The van der Waals surface area contributed by atoms with Gasteiger partial charge < -0.3 is 9.30 Å². The Kier molecular flexibility index (Phi) is 5.49. The van der Waals surface area contributed by atoms with Gasteiger partial charge in [0.25, 0.3) is 0 Å². The molecule has 8 heteroatoms. The van der Waals surface area contributed by atoms with Crippen LogP contribution in [0, 0.1) is 6.92 Å². The lowest BCUT2D eigenvalue weighted by Gasteiger charge is -2.10. The number of ether oxygens (including phenoxy) is 1. The van der Waals surface area contributed by atoms with Crippen molar-refractivity contribution in [2.45, 2.75) is 12.7 Å². The van der Waals surface area contributed by atoms with Crippen molar-refractivity contribution in [3.8, 4) is 17.4 Å². The molecule has 0 atom stereocenters. The highest BCUT2D eigenvalue weighted by Crippen LogP contribution is 2.22. The van der Waals surface area contributed by atoms with Gasteiger partial charge in [0.05, 0.1) is 5.75 Å². The highest BCUT2D eigenvalue weighted by atomic mass is 32.2. The molecule has 0 bridgehead atoms. The molecule has 0 spiro atoms. The quantitative estimate of drug-likeness (QED) is 0.481. The number of rotatable bonds is 7. The Bertz CT molecular complexity index is 1220. The summed E-state index contributed by atoms with van der Waals surface area (Å²) in [6.45, 7) is 1.93. The number of aryl methyl sites for hydroxylation is 1. The highest BCUT2D eigenvalue weighted by Gasteiger charge is 2.12. The SMILES string of the molecule is Cc1cccc(CS(=O)(=O)Nc2ccc(Oc3ccc(-n4cccc4)nn3)cc2)c1. The second-order valence-corrected chi connectivity index (χ2v) is 8.52. The zero-order chi connectivity index (χ0) is 21.0. The van der Waals surface area contributed by atoms with Crippen molar-refractivity contribution in [1.82, 2.24) is 14.8 Å². The maximum Gasteiger partial charge on any atom is 0.238 e. The van der Waals surface area contributed by atoms with E-state index in [0.29, 0.717) is 23.1 Å². The van der Waals surface area contributed by atoms with Crippen LogP contribution in [0.25, 0.3) is 5.82 Å². The number of hydrogen-bond acceptors (Lipinski definition) is 5. The third-order valence-corrected chi connectivity index (χ3v) is 5.54. The molecule has 0 fully saturated rings. The molecule has 0 aliphatic carbocycles. The first-order valence-corrected chi connectivity index (χ1v) is 10.9. The summed E-state index contributed by atoms with van der Waals surface area (Å²) in [5, 5.41) is 8.19. The molecule has 0 saturated heterocycles. The summed E-state index contributed by atoms with van der Waals surface area (Å²) < 4.78 is 35.0. The maximum absolute atomic E-state index is 12.4. The highest BCUT2D eigenvalue weighted by molar-refractivity contribution is 7.91. The molecule has 30 heavy (non-hydrogen) atoms. The van der Waals surface area contributed by atoms with Crippen LogP contribution in [0.4, 0.5) is 5.69 Å². The molecule has 4 rings (SSSR count). The van der Waals surface area contributed by atoms with Gasteiger partial charge in [-0.05, 0) is 55.0 Å². The van der Waals surface area contributed by atoms with Crippen LogP contribution in [-0.4, -0.2) is 23.2 Å². The van der Waals surface area contributed by atoms with Crippen LogP contribution >= 0.6 is 0 Å². The molecule has 4 aromatic rings. The Labute approximate surface area is 175 Å². The average molecular weight is 420 g/mol. The van der Waals surface area contributed by atoms with Crippen molar-refractivity contribution >= 4 is 15.7 Å². The van der Waals surface area contributed by atoms with Gasteiger partial charge >= 0.3 is 0 Å². The number of benzene rings is 2. The number of nitrogens with zero attached hydrogens (tertiary/aromatic N) is 3. The Hall–Kier alpha value is -3.65. The zero-order valence-electron chi connectivity index (χ0n) is 16.3. The Balaban J connectivity index is 1.39. The third kappa shape index (κ3) is 5.03. The van der Waals surface area contributed by atoms with Gasteiger partial charge in [-0.1, -0.05) is 29.8 Å². The minimum absolute atomic E-state index is 0.0870. The molecule has 0 saturated carbocycles. The van der Waals surface area contributed by atoms with E-state index in [-0.39, 0.29) is 5.75 Å².